The maximum absolute atomic E-state index is 15.0. The van der Waals surface area contributed by atoms with E-state index in [0.717, 1.165) is 18.4 Å². The number of nitrogens with one attached hydrogen (secondary N) is 1. The van der Waals surface area contributed by atoms with Gasteiger partial charge >= 0.3 is 0 Å². The molecular weight excluding hydrogens is 427 g/mol. The van der Waals surface area contributed by atoms with Crippen LogP contribution in [0.1, 0.15) is 34.1 Å². The molecule has 1 fully saturated rings. The standard InChI is InChI=1S/C24H27FN4O2S/c1-26-24-10-17-9-23(25)21(11-20(17)22(24)8-16-6-4-3-5-7-16)18-13-29(14-18)32(30,31)19-12-27-28(2)15-19/h3-7,9,11-12,15,18,22,24,26H,8,10,13-14H2,1-2H3. The van der Waals surface area contributed by atoms with E-state index in [1.807, 2.05) is 31.3 Å². The van der Waals surface area contributed by atoms with Crippen LogP contribution in [-0.2, 0) is 29.9 Å². The van der Waals surface area contributed by atoms with E-state index in [0.29, 0.717) is 5.56 Å². The van der Waals surface area contributed by atoms with Crippen molar-refractivity contribution in [2.45, 2.75) is 35.6 Å². The molecule has 168 valence electrons. The average Bonchev–Trinajstić information content (AvgIpc) is 3.32. The molecule has 0 amide bonds. The summed E-state index contributed by atoms with van der Waals surface area (Å²) in [6, 6.07) is 14.3. The van der Waals surface area contributed by atoms with Crippen molar-refractivity contribution in [3.05, 3.63) is 82.9 Å². The van der Waals surface area contributed by atoms with Gasteiger partial charge in [0.15, 0.2) is 0 Å². The van der Waals surface area contributed by atoms with Gasteiger partial charge in [0.25, 0.3) is 0 Å². The van der Waals surface area contributed by atoms with Crippen LogP contribution in [0.2, 0.25) is 0 Å². The Hall–Kier alpha value is -2.55. The van der Waals surface area contributed by atoms with E-state index in [1.54, 1.807) is 13.1 Å². The molecule has 2 unspecified atom stereocenters. The summed E-state index contributed by atoms with van der Waals surface area (Å²) in [7, 11) is 0.0466. The quantitative estimate of drug-likeness (QED) is 0.622. The van der Waals surface area contributed by atoms with E-state index in [4.69, 9.17) is 0 Å². The number of likely N-dealkylation sites (N-methyl/N-ethyl adjacent to an activating group) is 1. The smallest absolute Gasteiger partial charge is 0.246 e. The first kappa shape index (κ1) is 21.3. The summed E-state index contributed by atoms with van der Waals surface area (Å²) in [5.41, 5.74) is 4.11. The van der Waals surface area contributed by atoms with Crippen molar-refractivity contribution in [3.63, 3.8) is 0 Å². The first-order chi connectivity index (χ1) is 15.4. The Labute approximate surface area is 188 Å². The zero-order valence-electron chi connectivity index (χ0n) is 18.2. The third-order valence-corrected chi connectivity index (χ3v) is 8.64. The van der Waals surface area contributed by atoms with Gasteiger partial charge in [-0.1, -0.05) is 36.4 Å². The molecule has 1 saturated heterocycles. The van der Waals surface area contributed by atoms with Gasteiger partial charge in [0.05, 0.1) is 6.20 Å². The van der Waals surface area contributed by atoms with Gasteiger partial charge in [0.2, 0.25) is 10.0 Å². The molecule has 2 heterocycles. The molecule has 3 aromatic rings. The van der Waals surface area contributed by atoms with E-state index in [-0.39, 0.29) is 41.7 Å². The van der Waals surface area contributed by atoms with Crippen molar-refractivity contribution in [2.24, 2.45) is 7.05 Å². The predicted octanol–water partition coefficient (Wildman–Crippen LogP) is 2.82. The molecule has 0 bridgehead atoms. The Kier molecular flexibility index (Phi) is 5.39. The number of aromatic nitrogens is 2. The molecule has 0 saturated carbocycles. The lowest BCUT2D eigenvalue weighted by Gasteiger charge is -2.38. The number of aryl methyl sites for hydroxylation is 1. The number of benzene rings is 2. The van der Waals surface area contributed by atoms with Gasteiger partial charge < -0.3 is 5.32 Å². The maximum Gasteiger partial charge on any atom is 0.246 e. The van der Waals surface area contributed by atoms with Crippen LogP contribution in [0.25, 0.3) is 0 Å². The minimum absolute atomic E-state index is 0.141. The van der Waals surface area contributed by atoms with Crippen molar-refractivity contribution in [1.82, 2.24) is 19.4 Å². The van der Waals surface area contributed by atoms with Crippen LogP contribution in [-0.4, -0.2) is 48.7 Å². The Balaban J connectivity index is 1.39. The van der Waals surface area contributed by atoms with Gasteiger partial charge in [-0.05, 0) is 48.2 Å². The lowest BCUT2D eigenvalue weighted by molar-refractivity contribution is 0.259. The second kappa shape index (κ2) is 8.10. The monoisotopic (exact) mass is 454 g/mol. The van der Waals surface area contributed by atoms with E-state index in [1.165, 1.54) is 32.5 Å². The van der Waals surface area contributed by atoms with Gasteiger partial charge in [-0.3, -0.25) is 4.68 Å². The molecule has 2 atom stereocenters. The third-order valence-electron chi connectivity index (χ3n) is 6.86. The van der Waals surface area contributed by atoms with Crippen LogP contribution in [0.15, 0.2) is 59.8 Å². The Morgan fingerprint density at radius 1 is 1.16 bits per heavy atom. The second-order valence-corrected chi connectivity index (χ2v) is 10.8. The molecule has 0 radical (unpaired) electrons. The molecule has 1 N–H and O–H groups in total. The molecule has 1 aliphatic carbocycles. The molecule has 1 aromatic heterocycles. The number of nitrogens with zero attached hydrogens (tertiary/aromatic N) is 3. The first-order valence-electron chi connectivity index (χ1n) is 10.9. The Morgan fingerprint density at radius 2 is 1.91 bits per heavy atom. The number of hydrogen-bond acceptors (Lipinski definition) is 4. The van der Waals surface area contributed by atoms with Crippen LogP contribution in [0, 0.1) is 5.82 Å². The largest absolute Gasteiger partial charge is 0.316 e. The highest BCUT2D eigenvalue weighted by molar-refractivity contribution is 7.89. The lowest BCUT2D eigenvalue weighted by Crippen LogP contribution is -2.48. The highest BCUT2D eigenvalue weighted by atomic mass is 32.2. The summed E-state index contributed by atoms with van der Waals surface area (Å²) in [6.45, 7) is 0.567. The molecular formula is C24H27FN4O2S. The first-order valence-corrected chi connectivity index (χ1v) is 12.3. The topological polar surface area (TPSA) is 67.2 Å². The van der Waals surface area contributed by atoms with E-state index in [2.05, 4.69) is 22.5 Å². The summed E-state index contributed by atoms with van der Waals surface area (Å²) in [4.78, 5) is 0.174. The average molecular weight is 455 g/mol. The summed E-state index contributed by atoms with van der Waals surface area (Å²) < 4.78 is 43.5. The van der Waals surface area contributed by atoms with E-state index >= 15 is 4.39 Å². The van der Waals surface area contributed by atoms with Crippen LogP contribution >= 0.6 is 0 Å². The molecule has 1 aliphatic heterocycles. The Morgan fingerprint density at radius 3 is 2.56 bits per heavy atom. The van der Waals surface area contributed by atoms with Crippen molar-refractivity contribution < 1.29 is 12.8 Å². The molecule has 2 aromatic carbocycles. The molecule has 32 heavy (non-hydrogen) atoms. The van der Waals surface area contributed by atoms with Gasteiger partial charge in [-0.2, -0.15) is 9.40 Å². The van der Waals surface area contributed by atoms with Gasteiger partial charge in [-0.25, -0.2) is 12.8 Å². The van der Waals surface area contributed by atoms with Crippen molar-refractivity contribution in [2.75, 3.05) is 20.1 Å². The number of sulfonamides is 1. The molecule has 5 rings (SSSR count). The normalized spacial score (nSPS) is 21.5. The summed E-state index contributed by atoms with van der Waals surface area (Å²) >= 11 is 0. The zero-order valence-corrected chi connectivity index (χ0v) is 19.0. The molecule has 0 spiro atoms. The Bertz CT molecular complexity index is 1240. The highest BCUT2D eigenvalue weighted by Gasteiger charge is 2.40. The lowest BCUT2D eigenvalue weighted by atomic mass is 9.86. The second-order valence-electron chi connectivity index (χ2n) is 8.84. The zero-order chi connectivity index (χ0) is 22.5. The maximum atomic E-state index is 15.0. The van der Waals surface area contributed by atoms with Crippen LogP contribution in [0.3, 0.4) is 0 Å². The van der Waals surface area contributed by atoms with Gasteiger partial charge in [0, 0.05) is 44.2 Å². The number of fused-ring (bicyclic) bond motifs is 1. The predicted molar refractivity (Wildman–Crippen MR) is 121 cm³/mol. The molecule has 2 aliphatic rings. The summed E-state index contributed by atoms with van der Waals surface area (Å²) in [5, 5.41) is 7.36. The molecule has 6 nitrogen and oxygen atoms in total. The van der Waals surface area contributed by atoms with E-state index in [9.17, 15) is 8.42 Å². The van der Waals surface area contributed by atoms with Gasteiger partial charge in [-0.15, -0.1) is 0 Å². The molecule has 8 heteroatoms. The fourth-order valence-corrected chi connectivity index (χ4v) is 6.53. The minimum atomic E-state index is -3.59. The number of halogens is 1. The fraction of sp³-hybridized carbons (Fsp3) is 0.375. The van der Waals surface area contributed by atoms with Crippen molar-refractivity contribution >= 4 is 10.0 Å². The SMILES string of the molecule is CNC1Cc2cc(F)c(C3CN(S(=O)(=O)c4cnn(C)c4)C3)cc2C1Cc1ccccc1. The van der Waals surface area contributed by atoms with Crippen LogP contribution in [0.5, 0.6) is 0 Å². The third kappa shape index (κ3) is 3.66. The van der Waals surface area contributed by atoms with Crippen molar-refractivity contribution in [1.29, 1.82) is 0 Å². The number of rotatable bonds is 6. The highest BCUT2D eigenvalue weighted by Crippen LogP contribution is 2.41. The number of hydrogen-bond donors (Lipinski definition) is 1. The fourth-order valence-electron chi connectivity index (χ4n) is 5.02. The van der Waals surface area contributed by atoms with Gasteiger partial charge in [0.1, 0.15) is 10.7 Å². The summed E-state index contributed by atoms with van der Waals surface area (Å²) in [6.07, 6.45) is 4.53. The minimum Gasteiger partial charge on any atom is -0.316 e. The van der Waals surface area contributed by atoms with Crippen LogP contribution in [0.4, 0.5) is 4.39 Å². The van der Waals surface area contributed by atoms with Crippen molar-refractivity contribution in [3.8, 4) is 0 Å². The van der Waals surface area contributed by atoms with Crippen LogP contribution < -0.4 is 5.32 Å². The van der Waals surface area contributed by atoms with E-state index < -0.39 is 10.0 Å². The summed E-state index contributed by atoms with van der Waals surface area (Å²) in [5.74, 6) is -0.118.